The van der Waals surface area contributed by atoms with Crippen molar-refractivity contribution in [2.45, 2.75) is 0 Å². The fraction of sp³-hybridized carbons (Fsp3) is 0. The fourth-order valence-corrected chi connectivity index (χ4v) is 1.53. The molecule has 0 fully saturated rings. The number of anilines is 1. The molecule has 7 heteroatoms. The summed E-state index contributed by atoms with van der Waals surface area (Å²) >= 11 is 0. The monoisotopic (exact) mass is 235 g/mol. The second-order valence-electron chi connectivity index (χ2n) is 2.43. The van der Waals surface area contributed by atoms with Crippen molar-refractivity contribution in [3.63, 3.8) is 0 Å². The molecule has 0 heterocycles. The van der Waals surface area contributed by atoms with Gasteiger partial charge in [-0.25, -0.2) is 4.79 Å². The van der Waals surface area contributed by atoms with Crippen LogP contribution < -0.4 is 4.72 Å². The Morgan fingerprint density at radius 1 is 1.43 bits per heavy atom. The number of carbonyl (C=O) groups is 1. The summed E-state index contributed by atoms with van der Waals surface area (Å²) in [5.74, 6) is -1.14. The highest BCUT2D eigenvalue weighted by Gasteiger charge is 2.07. The topological polar surface area (TPSA) is 83.5 Å². The number of hydrogen-bond acceptors (Lipinski definition) is 3. The van der Waals surface area contributed by atoms with Gasteiger partial charge in [0.05, 0.1) is 11.3 Å². The van der Waals surface area contributed by atoms with Gasteiger partial charge in [-0.05, 0) is 18.2 Å². The molecule has 0 unspecified atom stereocenters. The van der Waals surface area contributed by atoms with Crippen molar-refractivity contribution in [3.05, 3.63) is 29.8 Å². The Kier molecular flexibility index (Phi) is 2.97. The second-order valence-corrected chi connectivity index (χ2v) is 4.72. The van der Waals surface area contributed by atoms with Gasteiger partial charge < -0.3 is 5.11 Å². The average Bonchev–Trinajstić information content (AvgIpc) is 2.01. The molecule has 76 valence electrons. The molecule has 1 aromatic rings. The fourth-order valence-electron chi connectivity index (χ4n) is 0.856. The van der Waals surface area contributed by atoms with Crippen LogP contribution in [0.5, 0.6) is 0 Å². The van der Waals surface area contributed by atoms with Crippen molar-refractivity contribution >= 4 is 31.6 Å². The molecule has 0 atom stereocenters. The van der Waals surface area contributed by atoms with Crippen LogP contribution in [0.25, 0.3) is 0 Å². The van der Waals surface area contributed by atoms with Gasteiger partial charge >= 0.3 is 15.2 Å². The Bertz CT molecular complexity index is 457. The molecule has 0 aliphatic carbocycles. The van der Waals surface area contributed by atoms with Crippen molar-refractivity contribution in [2.75, 3.05) is 4.72 Å². The van der Waals surface area contributed by atoms with Crippen molar-refractivity contribution in [1.29, 1.82) is 0 Å². The van der Waals surface area contributed by atoms with Gasteiger partial charge in [0.2, 0.25) is 0 Å². The Hall–Kier alpha value is -1.27. The lowest BCUT2D eigenvalue weighted by Gasteiger charge is -2.02. The molecule has 2 N–H and O–H groups in total. The van der Waals surface area contributed by atoms with E-state index in [9.17, 15) is 13.2 Å². The third-order valence-corrected chi connectivity index (χ3v) is 2.06. The van der Waals surface area contributed by atoms with E-state index in [1.165, 1.54) is 24.3 Å². The van der Waals surface area contributed by atoms with E-state index in [0.29, 0.717) is 0 Å². The Morgan fingerprint density at radius 3 is 2.57 bits per heavy atom. The maximum Gasteiger partial charge on any atom is 0.335 e. The van der Waals surface area contributed by atoms with Crippen LogP contribution in [0.4, 0.5) is 5.69 Å². The summed E-state index contributed by atoms with van der Waals surface area (Å²) in [6.45, 7) is 0. The molecule has 0 aliphatic heterocycles. The predicted octanol–water partition coefficient (Wildman–Crippen LogP) is 1.28. The van der Waals surface area contributed by atoms with E-state index in [2.05, 4.69) is 0 Å². The summed E-state index contributed by atoms with van der Waals surface area (Å²) in [5.41, 5.74) is 0.0928. The summed E-state index contributed by atoms with van der Waals surface area (Å²) in [4.78, 5) is 10.5. The van der Waals surface area contributed by atoms with Crippen LogP contribution >= 0.6 is 10.7 Å². The second kappa shape index (κ2) is 3.85. The first-order chi connectivity index (χ1) is 6.38. The number of hydrogen-bond donors (Lipinski definition) is 2. The first kappa shape index (κ1) is 10.8. The zero-order valence-electron chi connectivity index (χ0n) is 6.77. The first-order valence-corrected chi connectivity index (χ1v) is 5.75. The molecule has 0 aromatic heterocycles. The van der Waals surface area contributed by atoms with Crippen LogP contribution in [0, 0.1) is 0 Å². The minimum Gasteiger partial charge on any atom is -0.478 e. The highest BCUT2D eigenvalue weighted by atomic mass is 35.7. The number of carboxylic acid groups (broad SMARTS) is 1. The van der Waals surface area contributed by atoms with Crippen LogP contribution in [0.3, 0.4) is 0 Å². The van der Waals surface area contributed by atoms with Crippen LogP contribution in [0.15, 0.2) is 24.3 Å². The molecule has 1 aromatic carbocycles. The lowest BCUT2D eigenvalue weighted by atomic mass is 10.2. The van der Waals surface area contributed by atoms with E-state index < -0.39 is 15.2 Å². The van der Waals surface area contributed by atoms with E-state index in [1.807, 2.05) is 4.72 Å². The smallest absolute Gasteiger partial charge is 0.335 e. The van der Waals surface area contributed by atoms with Crippen LogP contribution in [-0.2, 0) is 9.24 Å². The van der Waals surface area contributed by atoms with Crippen molar-refractivity contribution < 1.29 is 18.3 Å². The van der Waals surface area contributed by atoms with E-state index in [0.717, 1.165) is 0 Å². The molecule has 1 rings (SSSR count). The van der Waals surface area contributed by atoms with E-state index >= 15 is 0 Å². The third kappa shape index (κ3) is 3.23. The summed E-state index contributed by atoms with van der Waals surface area (Å²) in [5, 5.41) is 8.60. The molecule has 0 saturated carbocycles. The molecule has 14 heavy (non-hydrogen) atoms. The highest BCUT2D eigenvalue weighted by molar-refractivity contribution is 8.14. The zero-order chi connectivity index (χ0) is 10.8. The average molecular weight is 236 g/mol. The van der Waals surface area contributed by atoms with Gasteiger partial charge in [0.15, 0.2) is 0 Å². The minimum absolute atomic E-state index is 0.0182. The van der Waals surface area contributed by atoms with Gasteiger partial charge in [-0.3, -0.25) is 4.72 Å². The number of rotatable bonds is 3. The van der Waals surface area contributed by atoms with Gasteiger partial charge in [0.25, 0.3) is 0 Å². The largest absolute Gasteiger partial charge is 0.478 e. The van der Waals surface area contributed by atoms with Gasteiger partial charge in [0, 0.05) is 10.7 Å². The number of carboxylic acids is 1. The summed E-state index contributed by atoms with van der Waals surface area (Å²) < 4.78 is 23.1. The van der Waals surface area contributed by atoms with Crippen molar-refractivity contribution in [3.8, 4) is 0 Å². The summed E-state index contributed by atoms with van der Waals surface area (Å²) in [6.07, 6.45) is 0. The van der Waals surface area contributed by atoms with Gasteiger partial charge in [-0.1, -0.05) is 6.07 Å². The predicted molar refractivity (Wildman–Crippen MR) is 51.8 cm³/mol. The third-order valence-electron chi connectivity index (χ3n) is 1.35. The maximum atomic E-state index is 10.6. The molecule has 5 nitrogen and oxygen atoms in total. The molecule has 0 bridgehead atoms. The molecule has 0 saturated heterocycles. The minimum atomic E-state index is -3.89. The Balaban J connectivity index is 3.01. The lowest BCUT2D eigenvalue weighted by molar-refractivity contribution is 0.0697. The van der Waals surface area contributed by atoms with Gasteiger partial charge in [-0.2, -0.15) is 8.42 Å². The first-order valence-electron chi connectivity index (χ1n) is 3.44. The molecule has 0 amide bonds. The molecule has 0 aliphatic rings. The van der Waals surface area contributed by atoms with Gasteiger partial charge in [0.1, 0.15) is 0 Å². The highest BCUT2D eigenvalue weighted by Crippen LogP contribution is 2.13. The van der Waals surface area contributed by atoms with E-state index in [1.54, 1.807) is 0 Å². The Morgan fingerprint density at radius 2 is 2.07 bits per heavy atom. The lowest BCUT2D eigenvalue weighted by Crippen LogP contribution is -2.05. The molecule has 0 spiro atoms. The number of benzene rings is 1. The van der Waals surface area contributed by atoms with Crippen LogP contribution in [0.1, 0.15) is 10.4 Å². The van der Waals surface area contributed by atoms with Crippen LogP contribution in [-0.4, -0.2) is 19.5 Å². The Labute approximate surface area is 84.9 Å². The SMILES string of the molecule is O=C(O)c1cccc(NS(=O)(=O)Cl)c1. The quantitative estimate of drug-likeness (QED) is 0.773. The molecular formula is C7H6ClNO4S. The normalized spacial score (nSPS) is 10.9. The number of aromatic carboxylic acids is 1. The van der Waals surface area contributed by atoms with E-state index in [4.69, 9.17) is 15.8 Å². The van der Waals surface area contributed by atoms with Crippen molar-refractivity contribution in [1.82, 2.24) is 0 Å². The summed E-state index contributed by atoms with van der Waals surface area (Å²) in [7, 11) is 1.02. The number of nitrogens with one attached hydrogen (secondary N) is 1. The maximum absolute atomic E-state index is 10.6. The van der Waals surface area contributed by atoms with Gasteiger partial charge in [-0.15, -0.1) is 0 Å². The van der Waals surface area contributed by atoms with Crippen LogP contribution in [0.2, 0.25) is 0 Å². The number of halogens is 1. The van der Waals surface area contributed by atoms with E-state index in [-0.39, 0.29) is 11.3 Å². The molecular weight excluding hydrogens is 230 g/mol. The standard InChI is InChI=1S/C7H6ClNO4S/c8-14(12,13)9-6-3-1-2-5(4-6)7(10)11/h1-4,9H,(H,10,11). The van der Waals surface area contributed by atoms with Crippen molar-refractivity contribution in [2.24, 2.45) is 0 Å². The zero-order valence-corrected chi connectivity index (χ0v) is 8.34. The molecule has 0 radical (unpaired) electrons. The summed E-state index contributed by atoms with van der Waals surface area (Å²) in [6, 6.07) is 5.32.